The van der Waals surface area contributed by atoms with Gasteiger partial charge in [-0.2, -0.15) is 8.78 Å². The van der Waals surface area contributed by atoms with Gasteiger partial charge in [-0.15, -0.1) is 0 Å². The van der Waals surface area contributed by atoms with Gasteiger partial charge in [-0.1, -0.05) is 18.2 Å². The second kappa shape index (κ2) is 7.56. The molecule has 2 heterocycles. The fourth-order valence-corrected chi connectivity index (χ4v) is 2.95. The van der Waals surface area contributed by atoms with Crippen LogP contribution in [0.15, 0.2) is 67.0 Å². The summed E-state index contributed by atoms with van der Waals surface area (Å²) in [5.74, 6) is 1.41. The van der Waals surface area contributed by atoms with Gasteiger partial charge >= 0.3 is 6.61 Å². The van der Waals surface area contributed by atoms with Gasteiger partial charge in [0.15, 0.2) is 5.82 Å². The molecule has 0 spiro atoms. The lowest BCUT2D eigenvalue weighted by atomic mass is 10.0. The number of hydrogen-bond donors (Lipinski definition) is 1. The van der Waals surface area contributed by atoms with E-state index < -0.39 is 6.61 Å². The minimum absolute atomic E-state index is 0.125. The molecule has 0 fully saturated rings. The topological polar surface area (TPSA) is 59.9 Å². The van der Waals surface area contributed by atoms with Crippen molar-refractivity contribution in [1.29, 1.82) is 0 Å². The Hall–Kier alpha value is -3.61. The Balaban J connectivity index is 1.74. The zero-order valence-corrected chi connectivity index (χ0v) is 14.9. The van der Waals surface area contributed by atoms with E-state index in [2.05, 4.69) is 25.0 Å². The van der Waals surface area contributed by atoms with Gasteiger partial charge in [0.1, 0.15) is 11.6 Å². The minimum atomic E-state index is -2.84. The third kappa shape index (κ3) is 3.59. The van der Waals surface area contributed by atoms with Crippen LogP contribution < -0.4 is 10.1 Å². The first-order valence-corrected chi connectivity index (χ1v) is 8.59. The highest BCUT2D eigenvalue weighted by molar-refractivity contribution is 5.93. The van der Waals surface area contributed by atoms with E-state index in [0.29, 0.717) is 11.6 Å². The van der Waals surface area contributed by atoms with Crippen LogP contribution in [0.5, 0.6) is 5.75 Å². The number of pyridine rings is 1. The molecule has 2 aromatic carbocycles. The molecule has 140 valence electrons. The average molecular weight is 378 g/mol. The highest BCUT2D eigenvalue weighted by Gasteiger charge is 2.11. The van der Waals surface area contributed by atoms with Crippen molar-refractivity contribution in [3.05, 3.63) is 67.0 Å². The Labute approximate surface area is 160 Å². The molecule has 4 aromatic rings. The molecule has 1 N–H and O–H groups in total. The number of benzene rings is 2. The van der Waals surface area contributed by atoms with Gasteiger partial charge in [-0.3, -0.25) is 4.98 Å². The molecule has 0 aliphatic carbocycles. The van der Waals surface area contributed by atoms with Gasteiger partial charge in [0.25, 0.3) is 0 Å². The van der Waals surface area contributed by atoms with Crippen LogP contribution in [0, 0.1) is 0 Å². The van der Waals surface area contributed by atoms with Crippen LogP contribution in [0.25, 0.3) is 33.4 Å². The van der Waals surface area contributed by atoms with Crippen LogP contribution >= 0.6 is 0 Å². The van der Waals surface area contributed by atoms with E-state index in [-0.39, 0.29) is 5.75 Å². The number of rotatable bonds is 5. The minimum Gasteiger partial charge on any atom is -0.435 e. The van der Waals surface area contributed by atoms with Crippen molar-refractivity contribution in [2.45, 2.75) is 6.61 Å². The third-order valence-corrected chi connectivity index (χ3v) is 4.27. The summed E-state index contributed by atoms with van der Waals surface area (Å²) in [7, 11) is 1.80. The number of nitrogens with zero attached hydrogens (tertiary/aromatic N) is 3. The molecule has 0 amide bonds. The number of hydrogen-bond acceptors (Lipinski definition) is 5. The van der Waals surface area contributed by atoms with Gasteiger partial charge in [-0.05, 0) is 47.5 Å². The molecule has 0 bridgehead atoms. The molecule has 2 aromatic heterocycles. The van der Waals surface area contributed by atoms with Crippen molar-refractivity contribution in [2.24, 2.45) is 0 Å². The highest BCUT2D eigenvalue weighted by Crippen LogP contribution is 2.30. The molecule has 7 heteroatoms. The van der Waals surface area contributed by atoms with Crippen LogP contribution in [0.1, 0.15) is 0 Å². The van der Waals surface area contributed by atoms with Crippen LogP contribution in [-0.4, -0.2) is 28.6 Å². The number of aromatic nitrogens is 3. The van der Waals surface area contributed by atoms with Crippen LogP contribution in [0.4, 0.5) is 14.6 Å². The number of alkyl halides is 2. The number of halogens is 2. The summed E-state index contributed by atoms with van der Waals surface area (Å²) in [5, 5.41) is 3.98. The van der Waals surface area contributed by atoms with Gasteiger partial charge < -0.3 is 10.1 Å². The van der Waals surface area contributed by atoms with E-state index >= 15 is 0 Å². The first kappa shape index (κ1) is 17.8. The van der Waals surface area contributed by atoms with Gasteiger partial charge in [0, 0.05) is 30.4 Å². The molecule has 28 heavy (non-hydrogen) atoms. The van der Waals surface area contributed by atoms with Crippen molar-refractivity contribution in [3.8, 4) is 28.3 Å². The van der Waals surface area contributed by atoms with Gasteiger partial charge in [-0.25, -0.2) is 9.97 Å². The summed E-state index contributed by atoms with van der Waals surface area (Å²) < 4.78 is 29.0. The van der Waals surface area contributed by atoms with Crippen molar-refractivity contribution in [3.63, 3.8) is 0 Å². The quantitative estimate of drug-likeness (QED) is 0.529. The first-order valence-electron chi connectivity index (χ1n) is 8.59. The van der Waals surface area contributed by atoms with Crippen LogP contribution in [0.3, 0.4) is 0 Å². The molecule has 5 nitrogen and oxygen atoms in total. The standard InChI is InChI=1S/C21H16F2N4O/c1-24-20-17-11-14(13-4-7-16(8-5-13)28-21(22)23)6-9-18(17)26-19(27-20)15-3-2-10-25-12-15/h2-12,21H,1H3,(H,24,26,27). The smallest absolute Gasteiger partial charge is 0.387 e. The van der Waals surface area contributed by atoms with E-state index in [1.54, 1.807) is 31.6 Å². The molecule has 0 saturated carbocycles. The summed E-state index contributed by atoms with van der Waals surface area (Å²) >= 11 is 0. The SMILES string of the molecule is CNc1nc(-c2cccnc2)nc2ccc(-c3ccc(OC(F)F)cc3)cc12. The van der Waals surface area contributed by atoms with E-state index in [4.69, 9.17) is 0 Å². The highest BCUT2D eigenvalue weighted by atomic mass is 19.3. The summed E-state index contributed by atoms with van der Waals surface area (Å²) in [6, 6.07) is 16.1. The molecule has 0 atom stereocenters. The van der Waals surface area contributed by atoms with Gasteiger partial charge in [0.05, 0.1) is 5.52 Å². The number of nitrogens with one attached hydrogen (secondary N) is 1. The van der Waals surface area contributed by atoms with Crippen molar-refractivity contribution >= 4 is 16.7 Å². The van der Waals surface area contributed by atoms with Crippen molar-refractivity contribution < 1.29 is 13.5 Å². The van der Waals surface area contributed by atoms with E-state index in [0.717, 1.165) is 27.6 Å². The lowest BCUT2D eigenvalue weighted by Crippen LogP contribution is -2.01. The normalized spacial score (nSPS) is 11.0. The monoisotopic (exact) mass is 378 g/mol. The Bertz CT molecular complexity index is 1100. The maximum Gasteiger partial charge on any atom is 0.387 e. The maximum atomic E-state index is 12.3. The molecule has 0 saturated heterocycles. The second-order valence-corrected chi connectivity index (χ2v) is 6.02. The third-order valence-electron chi connectivity index (χ3n) is 4.27. The molecular weight excluding hydrogens is 362 g/mol. The van der Waals surface area contributed by atoms with E-state index in [9.17, 15) is 8.78 Å². The summed E-state index contributed by atoms with van der Waals surface area (Å²) in [5.41, 5.74) is 3.42. The predicted molar refractivity (Wildman–Crippen MR) is 104 cm³/mol. The van der Waals surface area contributed by atoms with Crippen LogP contribution in [0.2, 0.25) is 0 Å². The fraction of sp³-hybridized carbons (Fsp3) is 0.0952. The Morgan fingerprint density at radius 3 is 2.39 bits per heavy atom. The summed E-state index contributed by atoms with van der Waals surface area (Å²) in [6.07, 6.45) is 3.42. The summed E-state index contributed by atoms with van der Waals surface area (Å²) in [4.78, 5) is 13.4. The maximum absolute atomic E-state index is 12.3. The molecule has 0 unspecified atom stereocenters. The fourth-order valence-electron chi connectivity index (χ4n) is 2.95. The Morgan fingerprint density at radius 2 is 1.71 bits per heavy atom. The Kier molecular flexibility index (Phi) is 4.80. The van der Waals surface area contributed by atoms with E-state index in [1.165, 1.54) is 12.1 Å². The van der Waals surface area contributed by atoms with Crippen molar-refractivity contribution in [2.75, 3.05) is 12.4 Å². The predicted octanol–water partition coefficient (Wildman–Crippen LogP) is 5.00. The molecule has 0 aliphatic heterocycles. The lowest BCUT2D eigenvalue weighted by Gasteiger charge is -2.10. The average Bonchev–Trinajstić information content (AvgIpc) is 2.73. The number of anilines is 1. The molecule has 0 aliphatic rings. The zero-order valence-electron chi connectivity index (χ0n) is 14.9. The zero-order chi connectivity index (χ0) is 19.5. The first-order chi connectivity index (χ1) is 13.6. The summed E-state index contributed by atoms with van der Waals surface area (Å²) in [6.45, 7) is -2.84. The van der Waals surface area contributed by atoms with Crippen LogP contribution in [-0.2, 0) is 0 Å². The largest absolute Gasteiger partial charge is 0.435 e. The molecular formula is C21H16F2N4O. The Morgan fingerprint density at radius 1 is 0.929 bits per heavy atom. The van der Waals surface area contributed by atoms with E-state index in [1.807, 2.05) is 30.3 Å². The van der Waals surface area contributed by atoms with Gasteiger partial charge in [0.2, 0.25) is 0 Å². The number of fused-ring (bicyclic) bond motifs is 1. The molecule has 4 rings (SSSR count). The second-order valence-electron chi connectivity index (χ2n) is 6.02. The number of ether oxygens (including phenoxy) is 1. The lowest BCUT2D eigenvalue weighted by molar-refractivity contribution is -0.0498. The molecule has 0 radical (unpaired) electrons. The van der Waals surface area contributed by atoms with Crippen molar-refractivity contribution in [1.82, 2.24) is 15.0 Å².